The van der Waals surface area contributed by atoms with Gasteiger partial charge in [0.15, 0.2) is 0 Å². The Morgan fingerprint density at radius 1 is 1.50 bits per heavy atom. The molecule has 1 aromatic heterocycles. The van der Waals surface area contributed by atoms with Gasteiger partial charge in [0.25, 0.3) is 0 Å². The fraction of sp³-hybridized carbons (Fsp3) is 0.500. The molecule has 4 heteroatoms. The fourth-order valence-corrected chi connectivity index (χ4v) is 0.886. The predicted octanol–water partition coefficient (Wildman–Crippen LogP) is 2.20. The van der Waals surface area contributed by atoms with Gasteiger partial charge in [0.05, 0.1) is 0 Å². The van der Waals surface area contributed by atoms with Crippen LogP contribution in [0.5, 0.6) is 0 Å². The zero-order valence-corrected chi connectivity index (χ0v) is 7.97. The smallest absolute Gasteiger partial charge is 0.134 e. The second-order valence-electron chi connectivity index (χ2n) is 3.00. The molecule has 0 bridgehead atoms. The zero-order chi connectivity index (χ0) is 8.97. The lowest BCUT2D eigenvalue weighted by Crippen LogP contribution is -2.08. The number of nitrogens with one attached hydrogen (secondary N) is 1. The van der Waals surface area contributed by atoms with Gasteiger partial charge in [-0.3, -0.25) is 0 Å². The van der Waals surface area contributed by atoms with Crippen LogP contribution < -0.4 is 5.32 Å². The molecule has 0 radical (unpaired) electrons. The second-order valence-corrected chi connectivity index (χ2v) is 3.39. The van der Waals surface area contributed by atoms with E-state index in [9.17, 15) is 0 Å². The van der Waals surface area contributed by atoms with Crippen LogP contribution in [0.2, 0.25) is 5.15 Å². The molecule has 1 rings (SSSR count). The molecule has 1 heterocycles. The maximum absolute atomic E-state index is 5.67. The third-order valence-electron chi connectivity index (χ3n) is 1.33. The van der Waals surface area contributed by atoms with Crippen LogP contribution in [-0.4, -0.2) is 16.5 Å². The Balaban J connectivity index is 2.52. The summed E-state index contributed by atoms with van der Waals surface area (Å²) in [5, 5.41) is 3.62. The number of rotatable bonds is 3. The Kier molecular flexibility index (Phi) is 3.29. The Morgan fingerprint density at radius 2 is 2.25 bits per heavy atom. The average molecular weight is 186 g/mol. The molecule has 0 saturated heterocycles. The summed E-state index contributed by atoms with van der Waals surface area (Å²) < 4.78 is 0. The van der Waals surface area contributed by atoms with Crippen molar-refractivity contribution in [2.24, 2.45) is 5.92 Å². The first-order valence-corrected chi connectivity index (χ1v) is 4.27. The standard InChI is InChI=1S/C8H12ClN3/c1-6(2)4-10-8-3-7(9)11-5-12-8/h3,5-6H,4H2,1-2H3,(H,10,11,12). The van der Waals surface area contributed by atoms with Crippen LogP contribution in [0.1, 0.15) is 13.8 Å². The third-order valence-corrected chi connectivity index (χ3v) is 1.53. The van der Waals surface area contributed by atoms with E-state index in [2.05, 4.69) is 29.1 Å². The van der Waals surface area contributed by atoms with Crippen LogP contribution in [0.4, 0.5) is 5.82 Å². The van der Waals surface area contributed by atoms with E-state index in [-0.39, 0.29) is 0 Å². The molecule has 0 aromatic carbocycles. The fourth-order valence-electron chi connectivity index (χ4n) is 0.739. The second kappa shape index (κ2) is 4.26. The molecule has 0 amide bonds. The van der Waals surface area contributed by atoms with Crippen molar-refractivity contribution in [3.8, 4) is 0 Å². The van der Waals surface area contributed by atoms with Gasteiger partial charge in [0, 0.05) is 12.6 Å². The monoisotopic (exact) mass is 185 g/mol. The Bertz CT molecular complexity index is 250. The Hall–Kier alpha value is -0.830. The number of nitrogens with zero attached hydrogens (tertiary/aromatic N) is 2. The molecule has 66 valence electrons. The molecule has 0 aliphatic heterocycles. The van der Waals surface area contributed by atoms with E-state index < -0.39 is 0 Å². The van der Waals surface area contributed by atoms with Crippen LogP contribution in [-0.2, 0) is 0 Å². The van der Waals surface area contributed by atoms with Crippen LogP contribution >= 0.6 is 11.6 Å². The van der Waals surface area contributed by atoms with E-state index in [0.717, 1.165) is 12.4 Å². The topological polar surface area (TPSA) is 37.8 Å². The van der Waals surface area contributed by atoms with Crippen molar-refractivity contribution in [3.05, 3.63) is 17.5 Å². The van der Waals surface area contributed by atoms with Crippen LogP contribution in [0, 0.1) is 5.92 Å². The molecular weight excluding hydrogens is 174 g/mol. The molecule has 0 fully saturated rings. The highest BCUT2D eigenvalue weighted by atomic mass is 35.5. The molecule has 0 atom stereocenters. The summed E-state index contributed by atoms with van der Waals surface area (Å²) in [5.41, 5.74) is 0. The first-order chi connectivity index (χ1) is 5.68. The molecule has 12 heavy (non-hydrogen) atoms. The summed E-state index contributed by atoms with van der Waals surface area (Å²) >= 11 is 5.67. The maximum Gasteiger partial charge on any atom is 0.134 e. The number of hydrogen-bond donors (Lipinski definition) is 1. The minimum absolute atomic E-state index is 0.469. The van der Waals surface area contributed by atoms with Crippen LogP contribution in [0.15, 0.2) is 12.4 Å². The molecule has 3 nitrogen and oxygen atoms in total. The van der Waals surface area contributed by atoms with Gasteiger partial charge in [0.2, 0.25) is 0 Å². The van der Waals surface area contributed by atoms with Crippen molar-refractivity contribution in [2.75, 3.05) is 11.9 Å². The molecule has 1 aromatic rings. The molecule has 0 aliphatic carbocycles. The lowest BCUT2D eigenvalue weighted by molar-refractivity contribution is 0.687. The van der Waals surface area contributed by atoms with Gasteiger partial charge in [-0.25, -0.2) is 9.97 Å². The minimum Gasteiger partial charge on any atom is -0.370 e. The van der Waals surface area contributed by atoms with E-state index in [1.54, 1.807) is 6.07 Å². The molecule has 0 spiro atoms. The van der Waals surface area contributed by atoms with E-state index in [1.165, 1.54) is 6.33 Å². The first-order valence-electron chi connectivity index (χ1n) is 3.90. The van der Waals surface area contributed by atoms with Crippen molar-refractivity contribution in [1.82, 2.24) is 9.97 Å². The SMILES string of the molecule is CC(C)CNc1cc(Cl)ncn1. The van der Waals surface area contributed by atoms with Crippen molar-refractivity contribution in [3.63, 3.8) is 0 Å². The van der Waals surface area contributed by atoms with Crippen molar-refractivity contribution < 1.29 is 0 Å². The van der Waals surface area contributed by atoms with Crippen LogP contribution in [0.3, 0.4) is 0 Å². The van der Waals surface area contributed by atoms with Crippen molar-refractivity contribution >= 4 is 17.4 Å². The summed E-state index contributed by atoms with van der Waals surface area (Å²) in [4.78, 5) is 7.79. The van der Waals surface area contributed by atoms with E-state index in [4.69, 9.17) is 11.6 Å². The van der Waals surface area contributed by atoms with E-state index in [0.29, 0.717) is 11.1 Å². The quantitative estimate of drug-likeness (QED) is 0.734. The van der Waals surface area contributed by atoms with Crippen molar-refractivity contribution in [1.29, 1.82) is 0 Å². The average Bonchev–Trinajstić information content (AvgIpc) is 2.01. The minimum atomic E-state index is 0.469. The Morgan fingerprint density at radius 3 is 2.83 bits per heavy atom. The summed E-state index contributed by atoms with van der Waals surface area (Å²) in [7, 11) is 0. The normalized spacial score (nSPS) is 10.3. The highest BCUT2D eigenvalue weighted by molar-refractivity contribution is 6.29. The first kappa shape index (κ1) is 9.26. The summed E-state index contributed by atoms with van der Waals surface area (Å²) in [6.45, 7) is 5.17. The van der Waals surface area contributed by atoms with Gasteiger partial charge in [0.1, 0.15) is 17.3 Å². The molecule has 0 saturated carbocycles. The van der Waals surface area contributed by atoms with E-state index in [1.807, 2.05) is 0 Å². The summed E-state index contributed by atoms with van der Waals surface area (Å²) in [5.74, 6) is 1.38. The maximum atomic E-state index is 5.67. The highest BCUT2D eigenvalue weighted by Gasteiger charge is 1.96. The van der Waals surface area contributed by atoms with Gasteiger partial charge < -0.3 is 5.32 Å². The summed E-state index contributed by atoms with van der Waals surface area (Å²) in [6, 6.07) is 1.71. The molecule has 1 N–H and O–H groups in total. The number of anilines is 1. The van der Waals surface area contributed by atoms with Gasteiger partial charge in [-0.05, 0) is 5.92 Å². The van der Waals surface area contributed by atoms with E-state index >= 15 is 0 Å². The third kappa shape index (κ3) is 3.05. The summed E-state index contributed by atoms with van der Waals surface area (Å²) in [6.07, 6.45) is 1.45. The lowest BCUT2D eigenvalue weighted by Gasteiger charge is -2.06. The van der Waals surface area contributed by atoms with Gasteiger partial charge in [-0.15, -0.1) is 0 Å². The molecular formula is C8H12ClN3. The van der Waals surface area contributed by atoms with Crippen molar-refractivity contribution in [2.45, 2.75) is 13.8 Å². The number of aromatic nitrogens is 2. The molecule has 0 aliphatic rings. The molecule has 0 unspecified atom stereocenters. The van der Waals surface area contributed by atoms with Gasteiger partial charge in [-0.2, -0.15) is 0 Å². The zero-order valence-electron chi connectivity index (χ0n) is 7.21. The largest absolute Gasteiger partial charge is 0.370 e. The lowest BCUT2D eigenvalue weighted by atomic mass is 10.2. The highest BCUT2D eigenvalue weighted by Crippen LogP contribution is 2.08. The van der Waals surface area contributed by atoms with Gasteiger partial charge in [-0.1, -0.05) is 25.4 Å². The number of halogens is 1. The number of hydrogen-bond acceptors (Lipinski definition) is 3. The van der Waals surface area contributed by atoms with Crippen LogP contribution in [0.25, 0.3) is 0 Å². The Labute approximate surface area is 77.2 Å². The predicted molar refractivity (Wildman–Crippen MR) is 50.4 cm³/mol. The van der Waals surface area contributed by atoms with Gasteiger partial charge >= 0.3 is 0 Å².